The van der Waals surface area contributed by atoms with Gasteiger partial charge in [0.05, 0.1) is 0 Å². The van der Waals surface area contributed by atoms with E-state index in [0.717, 1.165) is 40.9 Å². The zero-order valence-corrected chi connectivity index (χ0v) is 20.8. The highest BCUT2D eigenvalue weighted by Gasteiger charge is 2.18. The number of nitrogens with one attached hydrogen (secondary N) is 4. The Bertz CT molecular complexity index is 1010. The number of nitrogens with zero attached hydrogens (tertiary/aromatic N) is 2. The zero-order chi connectivity index (χ0) is 24.6. The van der Waals surface area contributed by atoms with Gasteiger partial charge in [-0.15, -0.1) is 0 Å². The molecule has 8 nitrogen and oxygen atoms in total. The smallest absolute Gasteiger partial charge is 0.413 e. The monoisotopic (exact) mass is 466 g/mol. The number of carbonyl (C=O) groups is 1. The van der Waals surface area contributed by atoms with Gasteiger partial charge in [0.2, 0.25) is 0 Å². The number of benzene rings is 1. The number of hydrogen-bond donors (Lipinski definition) is 4. The van der Waals surface area contributed by atoms with E-state index in [1.807, 2.05) is 51.2 Å². The van der Waals surface area contributed by atoms with Gasteiger partial charge in [0.15, 0.2) is 0 Å². The Morgan fingerprint density at radius 3 is 2.71 bits per heavy atom. The fourth-order valence-electron chi connectivity index (χ4n) is 4.04. The Morgan fingerprint density at radius 2 is 2.00 bits per heavy atom. The van der Waals surface area contributed by atoms with Crippen molar-refractivity contribution in [2.45, 2.75) is 45.6 Å². The minimum atomic E-state index is -0.585. The molecule has 2 aromatic rings. The molecule has 1 aliphatic heterocycles. The van der Waals surface area contributed by atoms with E-state index >= 15 is 0 Å². The number of likely N-dealkylation sites (tertiary alicyclic amines) is 1. The number of rotatable bonds is 9. The molecule has 2 heterocycles. The molecule has 0 aliphatic carbocycles. The summed E-state index contributed by atoms with van der Waals surface area (Å²) in [4.78, 5) is 18.9. The lowest BCUT2D eigenvalue weighted by atomic mass is 9.94. The first-order valence-electron chi connectivity index (χ1n) is 12.0. The maximum Gasteiger partial charge on any atom is 0.413 e. The first-order valence-corrected chi connectivity index (χ1v) is 12.0. The van der Waals surface area contributed by atoms with Gasteiger partial charge in [-0.25, -0.2) is 9.78 Å². The Hall–Kier alpha value is -3.13. The number of anilines is 2. The number of aromatic nitrogens is 1. The average molecular weight is 467 g/mol. The van der Waals surface area contributed by atoms with E-state index in [-0.39, 0.29) is 0 Å². The van der Waals surface area contributed by atoms with Gasteiger partial charge < -0.3 is 25.7 Å². The molecule has 34 heavy (non-hydrogen) atoms. The summed E-state index contributed by atoms with van der Waals surface area (Å²) in [5.41, 5.74) is 1.19. The highest BCUT2D eigenvalue weighted by molar-refractivity contribution is 6.03. The molecular formula is C26H38N6O2. The van der Waals surface area contributed by atoms with E-state index in [9.17, 15) is 4.79 Å². The van der Waals surface area contributed by atoms with Crippen molar-refractivity contribution in [1.29, 1.82) is 5.41 Å². The molecular weight excluding hydrogens is 428 g/mol. The summed E-state index contributed by atoms with van der Waals surface area (Å²) in [6, 6.07) is 7.72. The van der Waals surface area contributed by atoms with Crippen LogP contribution in [0.4, 0.5) is 16.3 Å². The van der Waals surface area contributed by atoms with Gasteiger partial charge in [0.25, 0.3) is 0 Å². The summed E-state index contributed by atoms with van der Waals surface area (Å²) in [6.07, 6.45) is 8.12. The summed E-state index contributed by atoms with van der Waals surface area (Å²) >= 11 is 0. The molecule has 3 rings (SSSR count). The third kappa shape index (κ3) is 7.73. The van der Waals surface area contributed by atoms with Gasteiger partial charge >= 0.3 is 6.09 Å². The quantitative estimate of drug-likeness (QED) is 0.311. The molecule has 184 valence electrons. The third-order valence-corrected chi connectivity index (χ3v) is 5.92. The number of ether oxygens (including phenoxy) is 1. The largest absolute Gasteiger partial charge is 0.444 e. The number of carbonyl (C=O) groups excluding carboxylic acids is 1. The molecule has 0 spiro atoms. The van der Waals surface area contributed by atoms with Crippen molar-refractivity contribution in [3.8, 4) is 0 Å². The van der Waals surface area contributed by atoms with Crippen LogP contribution in [0.2, 0.25) is 0 Å². The van der Waals surface area contributed by atoms with Crippen LogP contribution >= 0.6 is 0 Å². The van der Waals surface area contributed by atoms with E-state index in [0.29, 0.717) is 12.4 Å². The van der Waals surface area contributed by atoms with Crippen molar-refractivity contribution >= 4 is 34.6 Å². The van der Waals surface area contributed by atoms with Crippen LogP contribution in [0.15, 0.2) is 42.2 Å². The number of amides is 1. The molecule has 1 fully saturated rings. The van der Waals surface area contributed by atoms with Crippen LogP contribution in [-0.4, -0.2) is 61.0 Å². The summed E-state index contributed by atoms with van der Waals surface area (Å²) in [7, 11) is 2.19. The maximum atomic E-state index is 12.2. The lowest BCUT2D eigenvalue weighted by Crippen LogP contribution is -2.31. The molecule has 4 N–H and O–H groups in total. The van der Waals surface area contributed by atoms with Crippen molar-refractivity contribution in [2.24, 2.45) is 5.92 Å². The van der Waals surface area contributed by atoms with Gasteiger partial charge in [-0.05, 0) is 78.2 Å². The molecule has 1 amide bonds. The molecule has 0 atom stereocenters. The van der Waals surface area contributed by atoms with Crippen LogP contribution in [0.5, 0.6) is 0 Å². The minimum Gasteiger partial charge on any atom is -0.444 e. The Labute approximate surface area is 202 Å². The van der Waals surface area contributed by atoms with Crippen LogP contribution in [0.25, 0.3) is 10.8 Å². The minimum absolute atomic E-state index is 0.453. The summed E-state index contributed by atoms with van der Waals surface area (Å²) in [5, 5.41) is 19.1. The predicted octanol–water partition coefficient (Wildman–Crippen LogP) is 4.85. The Morgan fingerprint density at radius 1 is 1.24 bits per heavy atom. The van der Waals surface area contributed by atoms with Crippen LogP contribution in [0.1, 0.15) is 40.0 Å². The molecule has 0 saturated carbocycles. The molecule has 1 aromatic carbocycles. The number of fused-ring (bicyclic) bond motifs is 1. The van der Waals surface area contributed by atoms with Crippen LogP contribution in [0, 0.1) is 11.3 Å². The Balaban J connectivity index is 1.58. The van der Waals surface area contributed by atoms with Gasteiger partial charge in [-0.1, -0.05) is 12.1 Å². The first-order chi connectivity index (χ1) is 16.2. The van der Waals surface area contributed by atoms with Crippen molar-refractivity contribution < 1.29 is 9.53 Å². The zero-order valence-electron chi connectivity index (χ0n) is 20.8. The number of hydrogen-bond acceptors (Lipinski definition) is 7. The summed E-state index contributed by atoms with van der Waals surface area (Å²) < 4.78 is 5.36. The van der Waals surface area contributed by atoms with E-state index in [4.69, 9.17) is 10.1 Å². The van der Waals surface area contributed by atoms with Gasteiger partial charge in [-0.3, -0.25) is 5.32 Å². The summed E-state index contributed by atoms with van der Waals surface area (Å²) in [5.74, 6) is 1.24. The molecule has 0 bridgehead atoms. The van der Waals surface area contributed by atoms with E-state index in [1.54, 1.807) is 6.20 Å². The highest BCUT2D eigenvalue weighted by atomic mass is 16.6. The Kier molecular flexibility index (Phi) is 8.87. The molecule has 1 saturated heterocycles. The van der Waals surface area contributed by atoms with Crippen molar-refractivity contribution in [3.63, 3.8) is 0 Å². The standard InChI is InChI=1S/C26H38N6O2/c1-26(2,3)34-25(33)31-24-22-6-5-7-23(21(22)9-13-29-24)30-18-20(16-27)17-28-12-8-19-10-14-32(4)15-11-19/h5-7,9,13,16-17,19,27-28,30H,8,10-12,14-15,18H2,1-4H3,(H,29,31,33)/b20-17+,27-16?. The van der Waals surface area contributed by atoms with Crippen molar-refractivity contribution in [3.05, 3.63) is 42.2 Å². The normalized spacial score (nSPS) is 15.7. The predicted molar refractivity (Wildman–Crippen MR) is 140 cm³/mol. The SMILES string of the molecule is CN1CCC(CCN/C=C(\C=N)CNc2cccc3c(NC(=O)OC(C)(C)C)nccc23)CC1. The van der Waals surface area contributed by atoms with E-state index in [1.165, 1.54) is 32.1 Å². The average Bonchev–Trinajstić information content (AvgIpc) is 2.79. The lowest BCUT2D eigenvalue weighted by Gasteiger charge is -2.28. The second kappa shape index (κ2) is 11.8. The van der Waals surface area contributed by atoms with Gasteiger partial charge in [0.1, 0.15) is 11.4 Å². The number of pyridine rings is 1. The van der Waals surface area contributed by atoms with Gasteiger partial charge in [-0.2, -0.15) is 0 Å². The fourth-order valence-corrected chi connectivity index (χ4v) is 4.04. The number of piperidine rings is 1. The summed E-state index contributed by atoms with van der Waals surface area (Å²) in [6.45, 7) is 9.28. The highest BCUT2D eigenvalue weighted by Crippen LogP contribution is 2.28. The van der Waals surface area contributed by atoms with E-state index < -0.39 is 11.7 Å². The van der Waals surface area contributed by atoms with Crippen molar-refractivity contribution in [1.82, 2.24) is 15.2 Å². The van der Waals surface area contributed by atoms with Crippen LogP contribution in [-0.2, 0) is 4.74 Å². The molecule has 8 heteroatoms. The topological polar surface area (TPSA) is 102 Å². The lowest BCUT2D eigenvalue weighted by molar-refractivity contribution is 0.0635. The second-order valence-corrected chi connectivity index (χ2v) is 9.89. The third-order valence-electron chi connectivity index (χ3n) is 5.92. The fraction of sp³-hybridized carbons (Fsp3) is 0.500. The van der Waals surface area contributed by atoms with Crippen LogP contribution < -0.4 is 16.0 Å². The van der Waals surface area contributed by atoms with Gasteiger partial charge in [0, 0.05) is 53.7 Å². The first kappa shape index (κ1) is 25.5. The molecule has 1 aromatic heterocycles. The second-order valence-electron chi connectivity index (χ2n) is 9.89. The molecule has 1 aliphatic rings. The maximum absolute atomic E-state index is 12.2. The van der Waals surface area contributed by atoms with E-state index in [2.05, 4.69) is 32.9 Å². The van der Waals surface area contributed by atoms with Crippen LogP contribution in [0.3, 0.4) is 0 Å². The molecule has 0 unspecified atom stereocenters. The van der Waals surface area contributed by atoms with Crippen molar-refractivity contribution in [2.75, 3.05) is 43.9 Å². The molecule has 0 radical (unpaired) electrons.